The van der Waals surface area contributed by atoms with Crippen LogP contribution >= 0.6 is 0 Å². The average molecular weight is 230 g/mol. The van der Waals surface area contributed by atoms with Crippen LogP contribution in [0.25, 0.3) is 0 Å². The van der Waals surface area contributed by atoms with Crippen molar-refractivity contribution in [3.63, 3.8) is 0 Å². The monoisotopic (exact) mass is 230 g/mol. The van der Waals surface area contributed by atoms with Crippen LogP contribution in [0.2, 0.25) is 0 Å². The van der Waals surface area contributed by atoms with Crippen molar-refractivity contribution in [1.29, 1.82) is 0 Å². The molecule has 88 valence electrons. The molecule has 1 aliphatic heterocycles. The summed E-state index contributed by atoms with van der Waals surface area (Å²) < 4.78 is 11.3. The van der Waals surface area contributed by atoms with E-state index in [4.69, 9.17) is 9.47 Å². The zero-order chi connectivity index (χ0) is 11.7. The molecule has 0 bridgehead atoms. The van der Waals surface area contributed by atoms with Crippen molar-refractivity contribution < 1.29 is 14.3 Å². The normalized spacial score (nSPS) is 31.8. The fourth-order valence-electron chi connectivity index (χ4n) is 2.30. The number of fused-ring (bicyclic) bond motifs is 1. The van der Waals surface area contributed by atoms with Gasteiger partial charge in [0.15, 0.2) is 6.10 Å². The van der Waals surface area contributed by atoms with Crippen LogP contribution in [0.3, 0.4) is 0 Å². The average Bonchev–Trinajstić information content (AvgIpc) is 2.39. The number of benzene rings is 1. The third-order valence-electron chi connectivity index (χ3n) is 3.19. The highest BCUT2D eigenvalue weighted by Crippen LogP contribution is 2.32. The summed E-state index contributed by atoms with van der Waals surface area (Å²) in [6.45, 7) is 0. The second kappa shape index (κ2) is 4.34. The molecule has 3 rings (SSSR count). The van der Waals surface area contributed by atoms with Gasteiger partial charge in [-0.1, -0.05) is 42.5 Å². The molecular weight excluding hydrogens is 216 g/mol. The maximum absolute atomic E-state index is 11.9. The summed E-state index contributed by atoms with van der Waals surface area (Å²) >= 11 is 0. The highest BCUT2D eigenvalue weighted by atomic mass is 16.6. The lowest BCUT2D eigenvalue weighted by Crippen LogP contribution is -2.43. The van der Waals surface area contributed by atoms with Gasteiger partial charge in [-0.3, -0.25) is 0 Å². The van der Waals surface area contributed by atoms with Crippen molar-refractivity contribution in [2.24, 2.45) is 0 Å². The van der Waals surface area contributed by atoms with E-state index in [1.54, 1.807) is 0 Å². The maximum Gasteiger partial charge on any atom is 0.340 e. The molecule has 0 saturated carbocycles. The maximum atomic E-state index is 11.9. The third-order valence-corrected chi connectivity index (χ3v) is 3.19. The Bertz CT molecular complexity index is 438. The van der Waals surface area contributed by atoms with E-state index < -0.39 is 6.10 Å². The third kappa shape index (κ3) is 1.98. The van der Waals surface area contributed by atoms with Gasteiger partial charge in [-0.15, -0.1) is 0 Å². The first-order chi connectivity index (χ1) is 8.34. The molecule has 0 amide bonds. The summed E-state index contributed by atoms with van der Waals surface area (Å²) in [4.78, 5) is 11.9. The Labute approximate surface area is 100 Å². The van der Waals surface area contributed by atoms with Crippen molar-refractivity contribution >= 4 is 5.97 Å². The molecule has 3 atom stereocenters. The van der Waals surface area contributed by atoms with E-state index >= 15 is 0 Å². The summed E-state index contributed by atoms with van der Waals surface area (Å²) in [6, 6.07) is 9.49. The van der Waals surface area contributed by atoms with Gasteiger partial charge >= 0.3 is 5.97 Å². The lowest BCUT2D eigenvalue weighted by molar-refractivity contribution is -0.196. The Morgan fingerprint density at radius 2 is 2.00 bits per heavy atom. The number of esters is 1. The molecule has 3 heteroatoms. The number of carbonyl (C=O) groups excluding carboxylic acids is 1. The summed E-state index contributed by atoms with van der Waals surface area (Å²) in [7, 11) is 0. The Morgan fingerprint density at radius 1 is 1.18 bits per heavy atom. The minimum atomic E-state index is -0.583. The molecule has 1 fully saturated rings. The molecule has 3 nitrogen and oxygen atoms in total. The van der Waals surface area contributed by atoms with E-state index in [0.717, 1.165) is 18.4 Å². The Hall–Kier alpha value is -1.61. The van der Waals surface area contributed by atoms with Gasteiger partial charge in [-0.25, -0.2) is 4.79 Å². The predicted octanol–water partition coefficient (Wildman–Crippen LogP) is 2.39. The SMILES string of the molecule is O=C1O[C@H]2CCC=C[C@H]2O[C@H]1c1ccccc1. The number of rotatable bonds is 1. The van der Waals surface area contributed by atoms with Crippen LogP contribution in [-0.4, -0.2) is 18.2 Å². The molecular formula is C14H14O3. The van der Waals surface area contributed by atoms with Gasteiger partial charge in [0.2, 0.25) is 0 Å². The zero-order valence-electron chi connectivity index (χ0n) is 9.41. The topological polar surface area (TPSA) is 35.5 Å². The van der Waals surface area contributed by atoms with Crippen molar-refractivity contribution in [2.45, 2.75) is 31.2 Å². The van der Waals surface area contributed by atoms with Crippen LogP contribution < -0.4 is 0 Å². The first-order valence-corrected chi connectivity index (χ1v) is 5.92. The summed E-state index contributed by atoms with van der Waals surface area (Å²) in [5, 5.41) is 0. The molecule has 1 heterocycles. The van der Waals surface area contributed by atoms with E-state index in [-0.39, 0.29) is 18.2 Å². The van der Waals surface area contributed by atoms with E-state index in [0.29, 0.717) is 0 Å². The minimum Gasteiger partial charge on any atom is -0.457 e. The molecule has 1 aliphatic carbocycles. The molecule has 0 aromatic heterocycles. The number of hydrogen-bond donors (Lipinski definition) is 0. The van der Waals surface area contributed by atoms with E-state index in [1.807, 2.05) is 36.4 Å². The molecule has 1 aromatic rings. The van der Waals surface area contributed by atoms with Crippen molar-refractivity contribution in [3.8, 4) is 0 Å². The minimum absolute atomic E-state index is 0.0911. The van der Waals surface area contributed by atoms with Crippen LogP contribution in [0.5, 0.6) is 0 Å². The van der Waals surface area contributed by atoms with E-state index in [9.17, 15) is 4.79 Å². The molecule has 0 radical (unpaired) electrons. The van der Waals surface area contributed by atoms with Gasteiger partial charge in [0.25, 0.3) is 0 Å². The van der Waals surface area contributed by atoms with Crippen LogP contribution in [0, 0.1) is 0 Å². The van der Waals surface area contributed by atoms with Gasteiger partial charge in [-0.05, 0) is 18.4 Å². The quantitative estimate of drug-likeness (QED) is 0.549. The predicted molar refractivity (Wildman–Crippen MR) is 62.3 cm³/mol. The number of carbonyl (C=O) groups is 1. The molecule has 2 aliphatic rings. The second-order valence-corrected chi connectivity index (χ2v) is 4.37. The van der Waals surface area contributed by atoms with Crippen LogP contribution in [0.15, 0.2) is 42.5 Å². The van der Waals surface area contributed by atoms with Crippen LogP contribution in [0.4, 0.5) is 0 Å². The largest absolute Gasteiger partial charge is 0.457 e. The number of ether oxygens (including phenoxy) is 2. The summed E-state index contributed by atoms with van der Waals surface area (Å²) in [6.07, 6.45) is 5.11. The number of allylic oxidation sites excluding steroid dienone is 1. The van der Waals surface area contributed by atoms with E-state index in [1.165, 1.54) is 0 Å². The van der Waals surface area contributed by atoms with Crippen LogP contribution in [0.1, 0.15) is 24.5 Å². The molecule has 1 saturated heterocycles. The smallest absolute Gasteiger partial charge is 0.340 e. The lowest BCUT2D eigenvalue weighted by atomic mass is 9.99. The lowest BCUT2D eigenvalue weighted by Gasteiger charge is -2.36. The van der Waals surface area contributed by atoms with Crippen molar-refractivity contribution in [2.75, 3.05) is 0 Å². The van der Waals surface area contributed by atoms with Crippen molar-refractivity contribution in [3.05, 3.63) is 48.0 Å². The summed E-state index contributed by atoms with van der Waals surface area (Å²) in [5.74, 6) is -0.271. The molecule has 0 unspecified atom stereocenters. The van der Waals surface area contributed by atoms with Gasteiger partial charge in [0, 0.05) is 0 Å². The highest BCUT2D eigenvalue weighted by molar-refractivity contribution is 5.77. The summed E-state index contributed by atoms with van der Waals surface area (Å²) in [5.41, 5.74) is 0.856. The first-order valence-electron chi connectivity index (χ1n) is 5.92. The standard InChI is InChI=1S/C14H14O3/c15-14-13(10-6-2-1-3-7-10)16-11-8-4-5-9-12(11)17-14/h1-4,6-8,11-13H,5,9H2/t11-,12+,13+/m1/s1. The van der Waals surface area contributed by atoms with Gasteiger partial charge < -0.3 is 9.47 Å². The fraction of sp³-hybridized carbons (Fsp3) is 0.357. The van der Waals surface area contributed by atoms with Crippen LogP contribution in [-0.2, 0) is 14.3 Å². The number of hydrogen-bond acceptors (Lipinski definition) is 3. The Morgan fingerprint density at radius 3 is 2.82 bits per heavy atom. The van der Waals surface area contributed by atoms with Crippen molar-refractivity contribution in [1.82, 2.24) is 0 Å². The molecule has 0 spiro atoms. The van der Waals surface area contributed by atoms with E-state index in [2.05, 4.69) is 6.08 Å². The Kier molecular flexibility index (Phi) is 2.69. The first kappa shape index (κ1) is 10.5. The second-order valence-electron chi connectivity index (χ2n) is 4.37. The molecule has 0 N–H and O–H groups in total. The van der Waals surface area contributed by atoms with Gasteiger partial charge in [-0.2, -0.15) is 0 Å². The van der Waals surface area contributed by atoms with Gasteiger partial charge in [0.05, 0.1) is 0 Å². The zero-order valence-corrected chi connectivity index (χ0v) is 9.41. The fourth-order valence-corrected chi connectivity index (χ4v) is 2.30. The highest BCUT2D eigenvalue weighted by Gasteiger charge is 2.38. The molecule has 17 heavy (non-hydrogen) atoms. The Balaban J connectivity index is 1.84. The van der Waals surface area contributed by atoms with Gasteiger partial charge in [0.1, 0.15) is 12.2 Å². The molecule has 1 aromatic carbocycles.